The minimum Gasteiger partial charge on any atom is -0.497 e. The van der Waals surface area contributed by atoms with E-state index in [0.717, 1.165) is 11.3 Å². The van der Waals surface area contributed by atoms with Crippen molar-refractivity contribution in [1.29, 1.82) is 0 Å². The Balaban J connectivity index is 2.28. The molecular formula is C14H20N2O4. The van der Waals surface area contributed by atoms with Crippen LogP contribution in [0.1, 0.15) is 12.0 Å². The van der Waals surface area contributed by atoms with Crippen molar-refractivity contribution >= 4 is 12.0 Å². The number of carbonyl (C=O) groups is 2. The fourth-order valence-electron chi connectivity index (χ4n) is 1.61. The molecule has 0 radical (unpaired) electrons. The maximum atomic E-state index is 11.6. The Kier molecular flexibility index (Phi) is 6.36. The standard InChI is InChI=1S/C14H20N2O4/c1-16(10-8-13(17)18)14(19)15-9-7-11-3-5-12(20-2)6-4-11/h3-6H,7-10H2,1-2H3,(H,15,19)(H,17,18). The summed E-state index contributed by atoms with van der Waals surface area (Å²) in [4.78, 5) is 23.4. The van der Waals surface area contributed by atoms with Crippen LogP contribution >= 0.6 is 0 Å². The van der Waals surface area contributed by atoms with Gasteiger partial charge < -0.3 is 20.1 Å². The Labute approximate surface area is 118 Å². The molecule has 2 N–H and O–H groups in total. The maximum absolute atomic E-state index is 11.6. The summed E-state index contributed by atoms with van der Waals surface area (Å²) >= 11 is 0. The quantitative estimate of drug-likeness (QED) is 0.790. The summed E-state index contributed by atoms with van der Waals surface area (Å²) in [6.07, 6.45) is 0.658. The summed E-state index contributed by atoms with van der Waals surface area (Å²) in [6.45, 7) is 0.701. The Bertz CT molecular complexity index is 445. The van der Waals surface area contributed by atoms with Gasteiger partial charge in [0.1, 0.15) is 5.75 Å². The van der Waals surface area contributed by atoms with E-state index in [1.807, 2.05) is 24.3 Å². The summed E-state index contributed by atoms with van der Waals surface area (Å²) in [6, 6.07) is 7.37. The Morgan fingerprint density at radius 2 is 1.95 bits per heavy atom. The smallest absolute Gasteiger partial charge is 0.317 e. The number of carbonyl (C=O) groups excluding carboxylic acids is 1. The Morgan fingerprint density at radius 1 is 1.30 bits per heavy atom. The van der Waals surface area contributed by atoms with Gasteiger partial charge in [-0.3, -0.25) is 4.79 Å². The van der Waals surface area contributed by atoms with E-state index in [1.54, 1.807) is 14.2 Å². The van der Waals surface area contributed by atoms with Gasteiger partial charge in [0.2, 0.25) is 0 Å². The molecule has 20 heavy (non-hydrogen) atoms. The molecule has 0 spiro atoms. The number of urea groups is 1. The Morgan fingerprint density at radius 3 is 2.50 bits per heavy atom. The molecule has 0 heterocycles. The first-order valence-corrected chi connectivity index (χ1v) is 6.36. The number of hydrogen-bond donors (Lipinski definition) is 2. The zero-order valence-electron chi connectivity index (χ0n) is 11.8. The lowest BCUT2D eigenvalue weighted by Crippen LogP contribution is -2.39. The second-order valence-corrected chi connectivity index (χ2v) is 4.40. The van der Waals surface area contributed by atoms with Crippen molar-refractivity contribution in [2.45, 2.75) is 12.8 Å². The molecule has 1 aromatic carbocycles. The van der Waals surface area contributed by atoms with Crippen LogP contribution in [-0.2, 0) is 11.2 Å². The van der Waals surface area contributed by atoms with Gasteiger partial charge in [-0.2, -0.15) is 0 Å². The molecule has 0 aliphatic heterocycles. The highest BCUT2D eigenvalue weighted by Gasteiger charge is 2.09. The fraction of sp³-hybridized carbons (Fsp3) is 0.429. The number of benzene rings is 1. The van der Waals surface area contributed by atoms with Crippen LogP contribution in [0.3, 0.4) is 0 Å². The van der Waals surface area contributed by atoms with Crippen molar-refractivity contribution in [1.82, 2.24) is 10.2 Å². The van der Waals surface area contributed by atoms with Gasteiger partial charge in [-0.1, -0.05) is 12.1 Å². The zero-order valence-corrected chi connectivity index (χ0v) is 11.8. The molecule has 110 valence electrons. The van der Waals surface area contributed by atoms with E-state index in [-0.39, 0.29) is 19.0 Å². The van der Waals surface area contributed by atoms with Crippen molar-refractivity contribution in [3.05, 3.63) is 29.8 Å². The van der Waals surface area contributed by atoms with Gasteiger partial charge in [0.05, 0.1) is 13.5 Å². The zero-order chi connectivity index (χ0) is 15.0. The van der Waals surface area contributed by atoms with Crippen molar-refractivity contribution in [2.75, 3.05) is 27.2 Å². The molecule has 1 aromatic rings. The van der Waals surface area contributed by atoms with Crippen LogP contribution in [0.5, 0.6) is 5.75 Å². The van der Waals surface area contributed by atoms with E-state index >= 15 is 0 Å². The molecule has 0 atom stereocenters. The lowest BCUT2D eigenvalue weighted by Gasteiger charge is -2.16. The largest absolute Gasteiger partial charge is 0.497 e. The highest BCUT2D eigenvalue weighted by molar-refractivity contribution is 5.74. The molecule has 0 saturated heterocycles. The number of carboxylic acid groups (broad SMARTS) is 1. The molecule has 0 saturated carbocycles. The molecular weight excluding hydrogens is 260 g/mol. The van der Waals surface area contributed by atoms with Crippen LogP contribution in [0.4, 0.5) is 4.79 Å². The number of amides is 2. The number of nitrogens with zero attached hydrogens (tertiary/aromatic N) is 1. The maximum Gasteiger partial charge on any atom is 0.317 e. The number of carboxylic acids is 1. The van der Waals surface area contributed by atoms with Crippen LogP contribution in [0.15, 0.2) is 24.3 Å². The summed E-state index contributed by atoms with van der Waals surface area (Å²) in [5.74, 6) is -0.117. The van der Waals surface area contributed by atoms with Gasteiger partial charge >= 0.3 is 12.0 Å². The van der Waals surface area contributed by atoms with Crippen molar-refractivity contribution in [3.8, 4) is 5.75 Å². The van der Waals surface area contributed by atoms with Crippen LogP contribution in [0.2, 0.25) is 0 Å². The number of nitrogens with one attached hydrogen (secondary N) is 1. The fourth-order valence-corrected chi connectivity index (χ4v) is 1.61. The normalized spacial score (nSPS) is 9.90. The minimum absolute atomic E-state index is 0.0532. The number of methoxy groups -OCH3 is 1. The molecule has 2 amide bonds. The number of rotatable bonds is 7. The Hall–Kier alpha value is -2.24. The molecule has 0 unspecified atom stereocenters. The van der Waals surface area contributed by atoms with Crippen molar-refractivity contribution in [3.63, 3.8) is 0 Å². The molecule has 0 aromatic heterocycles. The third-order valence-corrected chi connectivity index (χ3v) is 2.86. The van der Waals surface area contributed by atoms with Gasteiger partial charge in [0.15, 0.2) is 0 Å². The SMILES string of the molecule is COc1ccc(CCNC(=O)N(C)CCC(=O)O)cc1. The number of ether oxygens (including phenoxy) is 1. The van der Waals surface area contributed by atoms with Crippen molar-refractivity contribution in [2.24, 2.45) is 0 Å². The summed E-state index contributed by atoms with van der Waals surface area (Å²) in [5.41, 5.74) is 1.10. The van der Waals surface area contributed by atoms with Crippen LogP contribution in [0.25, 0.3) is 0 Å². The number of aliphatic carboxylic acids is 1. The molecule has 0 aliphatic carbocycles. The van der Waals surface area contributed by atoms with Crippen molar-refractivity contribution < 1.29 is 19.4 Å². The van der Waals surface area contributed by atoms with E-state index < -0.39 is 5.97 Å². The van der Waals surface area contributed by atoms with Crippen LogP contribution in [0, 0.1) is 0 Å². The second kappa shape index (κ2) is 8.04. The van der Waals surface area contributed by atoms with Gasteiger partial charge in [0, 0.05) is 20.1 Å². The predicted octanol–water partition coefficient (Wildman–Crippen LogP) is 1.35. The summed E-state index contributed by atoms with van der Waals surface area (Å²) < 4.78 is 5.07. The van der Waals surface area contributed by atoms with E-state index in [1.165, 1.54) is 4.90 Å². The van der Waals surface area contributed by atoms with Crippen LogP contribution < -0.4 is 10.1 Å². The molecule has 6 nitrogen and oxygen atoms in total. The molecule has 0 bridgehead atoms. The minimum atomic E-state index is -0.914. The van der Waals surface area contributed by atoms with Gasteiger partial charge in [-0.05, 0) is 24.1 Å². The van der Waals surface area contributed by atoms with Gasteiger partial charge in [-0.15, -0.1) is 0 Å². The second-order valence-electron chi connectivity index (χ2n) is 4.40. The highest BCUT2D eigenvalue weighted by atomic mass is 16.5. The summed E-state index contributed by atoms with van der Waals surface area (Å²) in [5, 5.41) is 11.3. The first-order chi connectivity index (χ1) is 9.52. The monoisotopic (exact) mass is 280 g/mol. The van der Waals surface area contributed by atoms with E-state index in [0.29, 0.717) is 13.0 Å². The number of hydrogen-bond acceptors (Lipinski definition) is 3. The molecule has 6 heteroatoms. The highest BCUT2D eigenvalue weighted by Crippen LogP contribution is 2.11. The summed E-state index contributed by atoms with van der Waals surface area (Å²) in [7, 11) is 3.19. The van der Waals surface area contributed by atoms with E-state index in [9.17, 15) is 9.59 Å². The molecule has 1 rings (SSSR count). The molecule has 0 aliphatic rings. The third kappa shape index (κ3) is 5.60. The average Bonchev–Trinajstić information content (AvgIpc) is 2.45. The lowest BCUT2D eigenvalue weighted by atomic mass is 10.1. The van der Waals surface area contributed by atoms with Gasteiger partial charge in [-0.25, -0.2) is 4.79 Å². The average molecular weight is 280 g/mol. The van der Waals surface area contributed by atoms with Gasteiger partial charge in [0.25, 0.3) is 0 Å². The first kappa shape index (κ1) is 15.8. The lowest BCUT2D eigenvalue weighted by molar-refractivity contribution is -0.137. The predicted molar refractivity (Wildman–Crippen MR) is 75.0 cm³/mol. The molecule has 0 fully saturated rings. The van der Waals surface area contributed by atoms with E-state index in [4.69, 9.17) is 9.84 Å². The third-order valence-electron chi connectivity index (χ3n) is 2.86. The van der Waals surface area contributed by atoms with Crippen LogP contribution in [-0.4, -0.2) is 49.3 Å². The first-order valence-electron chi connectivity index (χ1n) is 6.36. The van der Waals surface area contributed by atoms with E-state index in [2.05, 4.69) is 5.32 Å². The topological polar surface area (TPSA) is 78.9 Å².